The number of rotatable bonds is 14. The summed E-state index contributed by atoms with van der Waals surface area (Å²) in [6, 6.07) is 14.1. The third-order valence-electron chi connectivity index (χ3n) is 5.56. The van der Waals surface area contributed by atoms with Crippen molar-refractivity contribution in [3.63, 3.8) is 0 Å². The Bertz CT molecular complexity index is 1400. The predicted octanol–water partition coefficient (Wildman–Crippen LogP) is 5.10. The molecule has 0 fully saturated rings. The van der Waals surface area contributed by atoms with Gasteiger partial charge in [0.15, 0.2) is 11.5 Å². The van der Waals surface area contributed by atoms with Crippen LogP contribution in [-0.4, -0.2) is 50.8 Å². The van der Waals surface area contributed by atoms with E-state index in [1.807, 2.05) is 0 Å². The van der Waals surface area contributed by atoms with Gasteiger partial charge in [-0.3, -0.25) is 4.72 Å². The van der Waals surface area contributed by atoms with E-state index in [1.54, 1.807) is 24.3 Å². The van der Waals surface area contributed by atoms with E-state index in [2.05, 4.69) is 19.5 Å². The van der Waals surface area contributed by atoms with Crippen LogP contribution in [0.5, 0.6) is 17.2 Å². The van der Waals surface area contributed by atoms with Crippen LogP contribution in [0.4, 0.5) is 23.2 Å². The van der Waals surface area contributed by atoms with Gasteiger partial charge in [0, 0.05) is 17.6 Å². The van der Waals surface area contributed by atoms with Crippen molar-refractivity contribution < 1.29 is 45.7 Å². The second-order valence-corrected chi connectivity index (χ2v) is 11.0. The first-order chi connectivity index (χ1) is 18.8. The lowest BCUT2D eigenvalue weighted by Gasteiger charge is -2.23. The van der Waals surface area contributed by atoms with Crippen molar-refractivity contribution in [2.24, 2.45) is 0 Å². The highest BCUT2D eigenvalue weighted by molar-refractivity contribution is 7.92. The number of alkyl halides is 4. The molecule has 0 amide bonds. The zero-order chi connectivity index (χ0) is 29.4. The Morgan fingerprint density at radius 2 is 1.57 bits per heavy atom. The largest absolute Gasteiger partial charge is 0.506 e. The number of hydrogen-bond acceptors (Lipinski definition) is 7. The van der Waals surface area contributed by atoms with Crippen LogP contribution in [0.1, 0.15) is 22.7 Å². The van der Waals surface area contributed by atoms with E-state index >= 15 is 0 Å². The monoisotopic (exact) mass is 606 g/mol. The minimum atomic E-state index is -3.65. The number of aliphatic hydroxyl groups is 1. The minimum absolute atomic E-state index is 0.0126. The molecule has 0 aliphatic heterocycles. The number of phenols is 1. The lowest BCUT2D eigenvalue weighted by molar-refractivity contribution is -0.0692. The molecule has 0 spiro atoms. The summed E-state index contributed by atoms with van der Waals surface area (Å²) in [6.45, 7) is -6.56. The molecule has 0 saturated heterocycles. The Kier molecular flexibility index (Phi) is 10.9. The average molecular weight is 607 g/mol. The van der Waals surface area contributed by atoms with Crippen LogP contribution < -0.4 is 19.5 Å². The standard InChI is InChI=1S/C26H27ClF4N2O6S/c1-40(36,37)33-21-12-16(5-7-22(21)35)10-19(34)14-32-20(11-15-3-2-4-18(27)9-15)17-6-8-23(38-25(28)29)24(13-17)39-26(30)31/h2-9,12-13,19-20,25-26,32-35H,10-11,14H2,1H3/t19-,20+/m0/s1. The second kappa shape index (κ2) is 13.9. The molecule has 0 saturated carbocycles. The number of hydrogen-bond donors (Lipinski definition) is 4. The van der Waals surface area contributed by atoms with E-state index in [9.17, 15) is 36.2 Å². The van der Waals surface area contributed by atoms with E-state index in [0.29, 0.717) is 16.1 Å². The van der Waals surface area contributed by atoms with Crippen LogP contribution in [-0.2, 0) is 22.9 Å². The van der Waals surface area contributed by atoms with Gasteiger partial charge in [0.2, 0.25) is 10.0 Å². The molecule has 8 nitrogen and oxygen atoms in total. The van der Waals surface area contributed by atoms with Crippen molar-refractivity contribution in [3.8, 4) is 17.2 Å². The number of nitrogens with one attached hydrogen (secondary N) is 2. The number of ether oxygens (including phenoxy) is 2. The number of anilines is 1. The van der Waals surface area contributed by atoms with Crippen molar-refractivity contribution in [1.29, 1.82) is 0 Å². The summed E-state index contributed by atoms with van der Waals surface area (Å²) in [6.07, 6.45) is 0.270. The second-order valence-electron chi connectivity index (χ2n) is 8.84. The summed E-state index contributed by atoms with van der Waals surface area (Å²) in [4.78, 5) is 0. The van der Waals surface area contributed by atoms with Crippen molar-refractivity contribution >= 4 is 27.3 Å². The van der Waals surface area contributed by atoms with Crippen LogP contribution in [0.3, 0.4) is 0 Å². The number of aromatic hydroxyl groups is 1. The highest BCUT2D eigenvalue weighted by Gasteiger charge is 2.21. The Morgan fingerprint density at radius 3 is 2.23 bits per heavy atom. The van der Waals surface area contributed by atoms with Crippen LogP contribution in [0.15, 0.2) is 60.7 Å². The topological polar surface area (TPSA) is 117 Å². The lowest BCUT2D eigenvalue weighted by Crippen LogP contribution is -2.32. The van der Waals surface area contributed by atoms with Gasteiger partial charge in [0.05, 0.1) is 18.0 Å². The quantitative estimate of drug-likeness (QED) is 0.149. The molecule has 4 N–H and O–H groups in total. The maximum atomic E-state index is 13.0. The average Bonchev–Trinajstić information content (AvgIpc) is 2.83. The lowest BCUT2D eigenvalue weighted by atomic mass is 9.97. The van der Waals surface area contributed by atoms with Gasteiger partial charge < -0.3 is 25.0 Å². The smallest absolute Gasteiger partial charge is 0.387 e. The summed E-state index contributed by atoms with van der Waals surface area (Å²) >= 11 is 6.10. The van der Waals surface area contributed by atoms with Gasteiger partial charge in [-0.05, 0) is 65.9 Å². The van der Waals surface area contributed by atoms with E-state index < -0.39 is 46.9 Å². The van der Waals surface area contributed by atoms with Gasteiger partial charge in [0.1, 0.15) is 5.75 Å². The maximum Gasteiger partial charge on any atom is 0.387 e. The van der Waals surface area contributed by atoms with E-state index in [4.69, 9.17) is 11.6 Å². The molecule has 0 aromatic heterocycles. The SMILES string of the molecule is CS(=O)(=O)Nc1cc(C[C@H](O)CN[C@H](Cc2cccc(Cl)c2)c2ccc(OC(F)F)c(OC(F)F)c2)ccc1O. The van der Waals surface area contributed by atoms with Gasteiger partial charge in [-0.25, -0.2) is 8.42 Å². The Labute approximate surface area is 233 Å². The number of halogens is 5. The van der Waals surface area contributed by atoms with Gasteiger partial charge in [-0.1, -0.05) is 35.9 Å². The third kappa shape index (κ3) is 10.0. The van der Waals surface area contributed by atoms with Crippen molar-refractivity contribution in [1.82, 2.24) is 5.32 Å². The summed E-state index contributed by atoms with van der Waals surface area (Å²) in [7, 11) is -3.65. The van der Waals surface area contributed by atoms with Crippen LogP contribution in [0.2, 0.25) is 5.02 Å². The molecular formula is C26H27ClF4N2O6S. The normalized spacial score (nSPS) is 13.3. The number of aliphatic hydroxyl groups excluding tert-OH is 1. The predicted molar refractivity (Wildman–Crippen MR) is 142 cm³/mol. The van der Waals surface area contributed by atoms with Crippen molar-refractivity contribution in [3.05, 3.63) is 82.4 Å². The summed E-state index contributed by atoms with van der Waals surface area (Å²) in [5.74, 6) is -1.43. The highest BCUT2D eigenvalue weighted by atomic mass is 35.5. The molecule has 3 aromatic carbocycles. The highest BCUT2D eigenvalue weighted by Crippen LogP contribution is 2.34. The molecule has 0 heterocycles. The van der Waals surface area contributed by atoms with E-state index in [0.717, 1.165) is 24.0 Å². The van der Waals surface area contributed by atoms with Crippen molar-refractivity contribution in [2.45, 2.75) is 38.2 Å². The van der Waals surface area contributed by atoms with Crippen LogP contribution in [0.25, 0.3) is 0 Å². The first-order valence-corrected chi connectivity index (χ1v) is 14.0. The van der Waals surface area contributed by atoms with E-state index in [1.165, 1.54) is 24.3 Å². The molecule has 3 rings (SSSR count). The van der Waals surface area contributed by atoms with Gasteiger partial charge >= 0.3 is 13.2 Å². The maximum absolute atomic E-state index is 13.0. The summed E-state index contributed by atoms with van der Waals surface area (Å²) < 4.78 is 85.5. The number of benzene rings is 3. The van der Waals surface area contributed by atoms with E-state index in [-0.39, 0.29) is 30.8 Å². The van der Waals surface area contributed by atoms with Crippen LogP contribution >= 0.6 is 11.6 Å². The van der Waals surface area contributed by atoms with Gasteiger partial charge in [-0.2, -0.15) is 17.6 Å². The van der Waals surface area contributed by atoms with Gasteiger partial charge in [-0.15, -0.1) is 0 Å². The molecule has 3 aromatic rings. The minimum Gasteiger partial charge on any atom is -0.506 e. The molecule has 0 unspecified atom stereocenters. The molecule has 40 heavy (non-hydrogen) atoms. The fourth-order valence-electron chi connectivity index (χ4n) is 3.94. The molecule has 0 bridgehead atoms. The zero-order valence-electron chi connectivity index (χ0n) is 21.0. The fraction of sp³-hybridized carbons (Fsp3) is 0.308. The first kappa shape index (κ1) is 31.3. The Morgan fingerprint density at radius 1 is 0.900 bits per heavy atom. The summed E-state index contributed by atoms with van der Waals surface area (Å²) in [5, 5.41) is 24.2. The molecule has 0 aliphatic rings. The Hall–Kier alpha value is -3.26. The number of phenolic OH excluding ortho intramolecular Hbond substituents is 1. The van der Waals surface area contributed by atoms with Crippen molar-refractivity contribution in [2.75, 3.05) is 17.5 Å². The fourth-order valence-corrected chi connectivity index (χ4v) is 4.72. The third-order valence-corrected chi connectivity index (χ3v) is 6.38. The summed E-state index contributed by atoms with van der Waals surface area (Å²) in [5.41, 5.74) is 1.62. The molecule has 2 atom stereocenters. The number of sulfonamides is 1. The zero-order valence-corrected chi connectivity index (χ0v) is 22.6. The molecule has 14 heteroatoms. The molecule has 0 radical (unpaired) electrons. The first-order valence-electron chi connectivity index (χ1n) is 11.8. The molecular weight excluding hydrogens is 580 g/mol. The molecule has 218 valence electrons. The Balaban J connectivity index is 1.82. The molecule has 0 aliphatic carbocycles. The van der Waals surface area contributed by atoms with Crippen LogP contribution in [0, 0.1) is 0 Å². The van der Waals surface area contributed by atoms with Gasteiger partial charge in [0.25, 0.3) is 0 Å².